The number of esters is 1. The van der Waals surface area contributed by atoms with Crippen LogP contribution in [0.25, 0.3) is 0 Å². The average molecular weight is 201 g/mol. The average Bonchev–Trinajstić information content (AvgIpc) is 2.08. The van der Waals surface area contributed by atoms with Gasteiger partial charge in [0.15, 0.2) is 0 Å². The number of carbonyl (C=O) groups is 2. The monoisotopic (exact) mass is 201 g/mol. The minimum absolute atomic E-state index is 0.0184. The van der Waals surface area contributed by atoms with Crippen LogP contribution in [0, 0.1) is 0 Å². The van der Waals surface area contributed by atoms with Gasteiger partial charge in [-0.15, -0.1) is 0 Å². The van der Waals surface area contributed by atoms with Crippen LogP contribution in [-0.4, -0.2) is 25.0 Å². The molecule has 0 fully saturated rings. The van der Waals surface area contributed by atoms with Crippen molar-refractivity contribution in [1.82, 2.24) is 5.32 Å². The first kappa shape index (κ1) is 12.9. The van der Waals surface area contributed by atoms with Gasteiger partial charge < -0.3 is 10.1 Å². The second-order valence-electron chi connectivity index (χ2n) is 3.24. The molecule has 0 heterocycles. The quantitative estimate of drug-likeness (QED) is 0.498. The Balaban J connectivity index is 2.99. The Labute approximate surface area is 85.0 Å². The van der Waals surface area contributed by atoms with Gasteiger partial charge in [-0.1, -0.05) is 6.42 Å². The number of ether oxygens (including phenoxy) is 1. The highest BCUT2D eigenvalue weighted by Gasteiger charge is 1.94. The molecule has 1 amide bonds. The van der Waals surface area contributed by atoms with E-state index in [-0.39, 0.29) is 11.9 Å². The van der Waals surface area contributed by atoms with E-state index < -0.39 is 0 Å². The third-order valence-corrected chi connectivity index (χ3v) is 1.75. The van der Waals surface area contributed by atoms with E-state index >= 15 is 0 Å². The summed E-state index contributed by atoms with van der Waals surface area (Å²) in [5.74, 6) is -0.201. The van der Waals surface area contributed by atoms with Crippen molar-refractivity contribution in [2.45, 2.75) is 39.5 Å². The van der Waals surface area contributed by atoms with E-state index in [4.69, 9.17) is 4.74 Å². The molecule has 0 rings (SSSR count). The third-order valence-electron chi connectivity index (χ3n) is 1.75. The minimum atomic E-state index is -0.219. The lowest BCUT2D eigenvalue weighted by molar-refractivity contribution is -0.141. The number of rotatable bonds is 7. The molecule has 4 nitrogen and oxygen atoms in total. The first-order valence-electron chi connectivity index (χ1n) is 5.00. The number of unbranched alkanes of at least 4 members (excludes halogenated alkanes) is 3. The van der Waals surface area contributed by atoms with Crippen molar-refractivity contribution in [2.75, 3.05) is 13.2 Å². The molecule has 14 heavy (non-hydrogen) atoms. The Morgan fingerprint density at radius 3 is 2.29 bits per heavy atom. The van der Waals surface area contributed by atoms with E-state index in [1.807, 2.05) is 0 Å². The van der Waals surface area contributed by atoms with Crippen molar-refractivity contribution < 1.29 is 14.3 Å². The smallest absolute Gasteiger partial charge is 0.302 e. The normalized spacial score (nSPS) is 9.57. The van der Waals surface area contributed by atoms with Gasteiger partial charge in [-0.25, -0.2) is 0 Å². The maximum Gasteiger partial charge on any atom is 0.302 e. The summed E-state index contributed by atoms with van der Waals surface area (Å²) in [4.78, 5) is 20.9. The van der Waals surface area contributed by atoms with Crippen LogP contribution in [-0.2, 0) is 14.3 Å². The Bertz CT molecular complexity index is 160. The van der Waals surface area contributed by atoms with Gasteiger partial charge in [-0.2, -0.15) is 0 Å². The summed E-state index contributed by atoms with van der Waals surface area (Å²) >= 11 is 0. The van der Waals surface area contributed by atoms with Gasteiger partial charge in [0, 0.05) is 20.4 Å². The van der Waals surface area contributed by atoms with Crippen molar-refractivity contribution >= 4 is 11.9 Å². The molecular formula is C10H19NO3. The molecule has 0 aliphatic heterocycles. The molecule has 0 unspecified atom stereocenters. The van der Waals surface area contributed by atoms with Crippen molar-refractivity contribution in [3.63, 3.8) is 0 Å². The first-order chi connectivity index (χ1) is 6.63. The van der Waals surface area contributed by atoms with Gasteiger partial charge in [0.2, 0.25) is 5.91 Å². The Hall–Kier alpha value is -1.06. The lowest BCUT2D eigenvalue weighted by Gasteiger charge is -2.02. The van der Waals surface area contributed by atoms with Gasteiger partial charge in [0.25, 0.3) is 0 Å². The molecule has 0 aromatic carbocycles. The largest absolute Gasteiger partial charge is 0.466 e. The van der Waals surface area contributed by atoms with E-state index in [9.17, 15) is 9.59 Å². The zero-order valence-corrected chi connectivity index (χ0v) is 8.97. The Kier molecular flexibility index (Phi) is 7.89. The van der Waals surface area contributed by atoms with Crippen LogP contribution in [0.15, 0.2) is 0 Å². The molecule has 0 saturated heterocycles. The fourth-order valence-corrected chi connectivity index (χ4v) is 1.06. The molecule has 0 saturated carbocycles. The summed E-state index contributed by atoms with van der Waals surface area (Å²) < 4.78 is 4.78. The Morgan fingerprint density at radius 1 is 1.07 bits per heavy atom. The molecule has 0 spiro atoms. The van der Waals surface area contributed by atoms with Crippen LogP contribution in [0.2, 0.25) is 0 Å². The van der Waals surface area contributed by atoms with E-state index in [1.54, 1.807) is 0 Å². The number of nitrogens with one attached hydrogen (secondary N) is 1. The van der Waals surface area contributed by atoms with Crippen LogP contribution >= 0.6 is 0 Å². The third kappa shape index (κ3) is 10.9. The second-order valence-corrected chi connectivity index (χ2v) is 3.24. The molecule has 4 heteroatoms. The number of carbonyl (C=O) groups excluding carboxylic acids is 2. The highest BCUT2D eigenvalue weighted by Crippen LogP contribution is 1.99. The standard InChI is InChI=1S/C10H19NO3/c1-9(12)11-7-5-3-4-6-8-14-10(2)13/h3-8H2,1-2H3,(H,11,12). The van der Waals surface area contributed by atoms with E-state index in [1.165, 1.54) is 13.8 Å². The number of hydrogen-bond donors (Lipinski definition) is 1. The van der Waals surface area contributed by atoms with Crippen LogP contribution in [0.1, 0.15) is 39.5 Å². The topological polar surface area (TPSA) is 55.4 Å². The van der Waals surface area contributed by atoms with Crippen LogP contribution in [0.3, 0.4) is 0 Å². The highest BCUT2D eigenvalue weighted by molar-refractivity contribution is 5.72. The lowest BCUT2D eigenvalue weighted by Crippen LogP contribution is -2.20. The van der Waals surface area contributed by atoms with Crippen LogP contribution in [0.5, 0.6) is 0 Å². The predicted molar refractivity (Wildman–Crippen MR) is 53.8 cm³/mol. The van der Waals surface area contributed by atoms with Crippen molar-refractivity contribution in [2.24, 2.45) is 0 Å². The summed E-state index contributed by atoms with van der Waals surface area (Å²) in [5, 5.41) is 2.73. The molecule has 1 N–H and O–H groups in total. The molecular weight excluding hydrogens is 182 g/mol. The molecule has 0 aliphatic rings. The lowest BCUT2D eigenvalue weighted by atomic mass is 10.2. The molecule has 0 atom stereocenters. The fourth-order valence-electron chi connectivity index (χ4n) is 1.06. The summed E-state index contributed by atoms with van der Waals surface area (Å²) in [6.45, 7) is 4.18. The predicted octanol–water partition coefficient (Wildman–Crippen LogP) is 1.25. The highest BCUT2D eigenvalue weighted by atomic mass is 16.5. The summed E-state index contributed by atoms with van der Waals surface area (Å²) in [5.41, 5.74) is 0. The molecule has 0 aromatic rings. The zero-order chi connectivity index (χ0) is 10.8. The summed E-state index contributed by atoms with van der Waals surface area (Å²) in [6.07, 6.45) is 3.98. The fraction of sp³-hybridized carbons (Fsp3) is 0.800. The zero-order valence-electron chi connectivity index (χ0n) is 8.97. The van der Waals surface area contributed by atoms with Gasteiger partial charge >= 0.3 is 5.97 Å². The molecule has 0 radical (unpaired) electrons. The van der Waals surface area contributed by atoms with E-state index in [2.05, 4.69) is 5.32 Å². The van der Waals surface area contributed by atoms with E-state index in [0.717, 1.165) is 32.2 Å². The molecule has 0 bridgehead atoms. The summed E-state index contributed by atoms with van der Waals surface area (Å²) in [7, 11) is 0. The van der Waals surface area contributed by atoms with Crippen LogP contribution < -0.4 is 5.32 Å². The van der Waals surface area contributed by atoms with Gasteiger partial charge in [0.1, 0.15) is 0 Å². The van der Waals surface area contributed by atoms with Crippen molar-refractivity contribution in [3.8, 4) is 0 Å². The first-order valence-corrected chi connectivity index (χ1v) is 5.00. The van der Waals surface area contributed by atoms with Gasteiger partial charge in [-0.05, 0) is 19.3 Å². The van der Waals surface area contributed by atoms with Crippen molar-refractivity contribution in [3.05, 3.63) is 0 Å². The molecule has 0 aliphatic carbocycles. The summed E-state index contributed by atoms with van der Waals surface area (Å²) in [6, 6.07) is 0. The second kappa shape index (κ2) is 8.53. The number of amides is 1. The van der Waals surface area contributed by atoms with Gasteiger partial charge in [0.05, 0.1) is 6.61 Å². The SMILES string of the molecule is CC(=O)NCCCCCCOC(C)=O. The van der Waals surface area contributed by atoms with Crippen molar-refractivity contribution in [1.29, 1.82) is 0 Å². The number of hydrogen-bond acceptors (Lipinski definition) is 3. The minimum Gasteiger partial charge on any atom is -0.466 e. The molecule has 0 aromatic heterocycles. The Morgan fingerprint density at radius 2 is 1.71 bits per heavy atom. The maximum atomic E-state index is 10.5. The van der Waals surface area contributed by atoms with E-state index in [0.29, 0.717) is 6.61 Å². The molecule has 82 valence electrons. The van der Waals surface area contributed by atoms with Gasteiger partial charge in [-0.3, -0.25) is 9.59 Å². The van der Waals surface area contributed by atoms with Crippen LogP contribution in [0.4, 0.5) is 0 Å². The maximum absolute atomic E-state index is 10.5.